The first kappa shape index (κ1) is 15.1. The van der Waals surface area contributed by atoms with Gasteiger partial charge < -0.3 is 5.73 Å². The summed E-state index contributed by atoms with van der Waals surface area (Å²) in [5, 5.41) is 7.25. The normalized spacial score (nSPS) is 12.9. The molecule has 0 aliphatic carbocycles. The molecule has 20 heavy (non-hydrogen) atoms. The fraction of sp³-hybridized carbons (Fsp3) is 0.385. The predicted octanol–water partition coefficient (Wildman–Crippen LogP) is 2.91. The molecule has 2 rings (SSSR count). The number of benzene rings is 1. The van der Waals surface area contributed by atoms with Crippen LogP contribution in [-0.2, 0) is 0 Å². The minimum absolute atomic E-state index is 0.330. The summed E-state index contributed by atoms with van der Waals surface area (Å²) in [5.74, 6) is 0.890. The molecule has 108 valence electrons. The molecule has 1 atom stereocenters. The van der Waals surface area contributed by atoms with Crippen LogP contribution in [0.3, 0.4) is 0 Å². The summed E-state index contributed by atoms with van der Waals surface area (Å²) < 4.78 is 1.43. The highest BCUT2D eigenvalue weighted by Gasteiger charge is 2.18. The standard InChI is InChI=1S/C13H16Cl2N4O/c1-7(2)5-11(16)12-17-18-13(20)19(12)8-3-4-9(14)10(15)6-8/h3-4,6-7,11H,5,16H2,1-2H3,(H,18,20)/t11-/m0/s1. The lowest BCUT2D eigenvalue weighted by molar-refractivity contribution is 0.487. The SMILES string of the molecule is CC(C)C[C@H](N)c1n[nH]c(=O)n1-c1ccc(Cl)c(Cl)c1. The van der Waals surface area contributed by atoms with E-state index in [2.05, 4.69) is 24.0 Å². The van der Waals surface area contributed by atoms with Crippen molar-refractivity contribution in [2.75, 3.05) is 0 Å². The first-order valence-corrected chi connectivity index (χ1v) is 7.04. The Bertz CT molecular complexity index is 663. The number of hydrogen-bond acceptors (Lipinski definition) is 3. The van der Waals surface area contributed by atoms with Crippen molar-refractivity contribution in [3.8, 4) is 5.69 Å². The van der Waals surface area contributed by atoms with Crippen molar-refractivity contribution in [2.24, 2.45) is 11.7 Å². The van der Waals surface area contributed by atoms with Crippen LogP contribution < -0.4 is 11.4 Å². The summed E-state index contributed by atoms with van der Waals surface area (Å²) in [4.78, 5) is 11.9. The van der Waals surface area contributed by atoms with Gasteiger partial charge in [0.15, 0.2) is 5.82 Å². The lowest BCUT2D eigenvalue weighted by Crippen LogP contribution is -2.23. The minimum atomic E-state index is -0.349. The van der Waals surface area contributed by atoms with E-state index < -0.39 is 0 Å². The number of nitrogens with one attached hydrogen (secondary N) is 1. The molecule has 0 aliphatic heterocycles. The second-order valence-electron chi connectivity index (χ2n) is 5.06. The quantitative estimate of drug-likeness (QED) is 0.911. The highest BCUT2D eigenvalue weighted by atomic mass is 35.5. The van der Waals surface area contributed by atoms with E-state index in [0.717, 1.165) is 6.42 Å². The van der Waals surface area contributed by atoms with Crippen LogP contribution in [-0.4, -0.2) is 14.8 Å². The van der Waals surface area contributed by atoms with Crippen molar-refractivity contribution in [1.82, 2.24) is 14.8 Å². The van der Waals surface area contributed by atoms with Crippen LogP contribution >= 0.6 is 23.2 Å². The summed E-state index contributed by atoms with van der Waals surface area (Å²) in [6, 6.07) is 4.63. The van der Waals surface area contributed by atoms with Gasteiger partial charge in [0.05, 0.1) is 21.8 Å². The Morgan fingerprint density at radius 1 is 1.35 bits per heavy atom. The van der Waals surface area contributed by atoms with Gasteiger partial charge in [-0.1, -0.05) is 37.0 Å². The Kier molecular flexibility index (Phi) is 4.52. The second kappa shape index (κ2) is 5.99. The first-order chi connectivity index (χ1) is 9.40. The van der Waals surface area contributed by atoms with Crippen LogP contribution in [0.4, 0.5) is 0 Å². The van der Waals surface area contributed by atoms with Crippen LogP contribution in [0.2, 0.25) is 10.0 Å². The van der Waals surface area contributed by atoms with Gasteiger partial charge >= 0.3 is 5.69 Å². The molecular formula is C13H16Cl2N4O. The molecule has 0 saturated carbocycles. The van der Waals surface area contributed by atoms with Gasteiger partial charge in [-0.05, 0) is 30.5 Å². The van der Waals surface area contributed by atoms with E-state index in [4.69, 9.17) is 28.9 Å². The number of hydrogen-bond donors (Lipinski definition) is 2. The number of H-pyrrole nitrogens is 1. The van der Waals surface area contributed by atoms with Gasteiger partial charge in [-0.3, -0.25) is 0 Å². The molecule has 3 N–H and O–H groups in total. The third kappa shape index (κ3) is 3.06. The van der Waals surface area contributed by atoms with Gasteiger partial charge in [-0.2, -0.15) is 5.10 Å². The summed E-state index contributed by atoms with van der Waals surface area (Å²) in [7, 11) is 0. The van der Waals surface area contributed by atoms with Crippen molar-refractivity contribution in [1.29, 1.82) is 0 Å². The molecule has 0 radical (unpaired) electrons. The summed E-state index contributed by atoms with van der Waals surface area (Å²) >= 11 is 11.9. The number of halogens is 2. The van der Waals surface area contributed by atoms with Crippen molar-refractivity contribution >= 4 is 23.2 Å². The molecule has 1 heterocycles. The Hall–Kier alpha value is -1.30. The lowest BCUT2D eigenvalue weighted by atomic mass is 10.0. The molecule has 2 aromatic rings. The maximum Gasteiger partial charge on any atom is 0.347 e. The molecular weight excluding hydrogens is 299 g/mol. The highest BCUT2D eigenvalue weighted by molar-refractivity contribution is 6.42. The molecule has 0 unspecified atom stereocenters. The zero-order chi connectivity index (χ0) is 14.9. The van der Waals surface area contributed by atoms with E-state index in [1.807, 2.05) is 0 Å². The van der Waals surface area contributed by atoms with E-state index in [9.17, 15) is 4.79 Å². The van der Waals surface area contributed by atoms with Gasteiger partial charge in [0.25, 0.3) is 0 Å². The molecule has 0 saturated heterocycles. The third-order valence-electron chi connectivity index (χ3n) is 2.92. The number of rotatable bonds is 4. The summed E-state index contributed by atoms with van der Waals surface area (Å²) in [6.45, 7) is 4.13. The monoisotopic (exact) mass is 314 g/mol. The number of aromatic nitrogens is 3. The van der Waals surface area contributed by atoms with E-state index in [1.165, 1.54) is 4.57 Å². The molecule has 1 aromatic carbocycles. The van der Waals surface area contributed by atoms with Crippen molar-refractivity contribution in [3.63, 3.8) is 0 Å². The Morgan fingerprint density at radius 2 is 2.05 bits per heavy atom. The minimum Gasteiger partial charge on any atom is -0.321 e. The van der Waals surface area contributed by atoms with Crippen LogP contribution in [0.5, 0.6) is 0 Å². The molecule has 0 amide bonds. The van der Waals surface area contributed by atoms with Gasteiger partial charge in [-0.25, -0.2) is 14.5 Å². The largest absolute Gasteiger partial charge is 0.347 e. The first-order valence-electron chi connectivity index (χ1n) is 6.28. The van der Waals surface area contributed by atoms with Crippen molar-refractivity contribution < 1.29 is 0 Å². The Balaban J connectivity index is 2.48. The van der Waals surface area contributed by atoms with Gasteiger partial charge in [-0.15, -0.1) is 0 Å². The molecule has 0 aliphatic rings. The van der Waals surface area contributed by atoms with Crippen molar-refractivity contribution in [3.05, 3.63) is 44.6 Å². The van der Waals surface area contributed by atoms with Crippen LogP contribution in [0, 0.1) is 5.92 Å². The van der Waals surface area contributed by atoms with E-state index in [-0.39, 0.29) is 11.7 Å². The average Bonchev–Trinajstić information content (AvgIpc) is 2.74. The predicted molar refractivity (Wildman–Crippen MR) is 80.6 cm³/mol. The maximum absolute atomic E-state index is 11.9. The van der Waals surface area contributed by atoms with E-state index in [1.54, 1.807) is 18.2 Å². The van der Waals surface area contributed by atoms with Crippen LogP contribution in [0.15, 0.2) is 23.0 Å². The average molecular weight is 315 g/mol. The lowest BCUT2D eigenvalue weighted by Gasteiger charge is -2.14. The summed E-state index contributed by atoms with van der Waals surface area (Å²) in [6.07, 6.45) is 0.728. The Morgan fingerprint density at radius 3 is 2.65 bits per heavy atom. The second-order valence-corrected chi connectivity index (χ2v) is 5.87. The molecule has 0 fully saturated rings. The molecule has 0 spiro atoms. The smallest absolute Gasteiger partial charge is 0.321 e. The fourth-order valence-electron chi connectivity index (χ4n) is 2.04. The molecule has 5 nitrogen and oxygen atoms in total. The van der Waals surface area contributed by atoms with Gasteiger partial charge in [0, 0.05) is 0 Å². The highest BCUT2D eigenvalue weighted by Crippen LogP contribution is 2.25. The van der Waals surface area contributed by atoms with E-state index >= 15 is 0 Å². The number of nitrogens with two attached hydrogens (primary N) is 1. The molecule has 0 bridgehead atoms. The molecule has 1 aromatic heterocycles. The third-order valence-corrected chi connectivity index (χ3v) is 3.66. The van der Waals surface area contributed by atoms with Gasteiger partial charge in [0.2, 0.25) is 0 Å². The van der Waals surface area contributed by atoms with E-state index in [0.29, 0.717) is 27.5 Å². The maximum atomic E-state index is 11.9. The zero-order valence-corrected chi connectivity index (χ0v) is 12.7. The zero-order valence-electron chi connectivity index (χ0n) is 11.2. The number of aromatic amines is 1. The van der Waals surface area contributed by atoms with Crippen LogP contribution in [0.1, 0.15) is 32.1 Å². The van der Waals surface area contributed by atoms with Gasteiger partial charge in [0.1, 0.15) is 0 Å². The van der Waals surface area contributed by atoms with Crippen LogP contribution in [0.25, 0.3) is 5.69 Å². The summed E-state index contributed by atoms with van der Waals surface area (Å²) in [5.41, 5.74) is 6.35. The van der Waals surface area contributed by atoms with Crippen molar-refractivity contribution in [2.45, 2.75) is 26.3 Å². The molecule has 7 heteroatoms. The number of nitrogens with zero attached hydrogens (tertiary/aromatic N) is 2. The topological polar surface area (TPSA) is 76.7 Å². The fourth-order valence-corrected chi connectivity index (χ4v) is 2.34. The Labute approximate surface area is 126 Å².